The molecule has 1 aromatic carbocycles. The lowest BCUT2D eigenvalue weighted by Crippen LogP contribution is -2.35. The second-order valence-electron chi connectivity index (χ2n) is 9.45. The van der Waals surface area contributed by atoms with Crippen LogP contribution in [0.5, 0.6) is 0 Å². The Morgan fingerprint density at radius 1 is 1.21 bits per heavy atom. The number of rotatable bonds is 7. The molecule has 0 radical (unpaired) electrons. The van der Waals surface area contributed by atoms with Gasteiger partial charge in [0.15, 0.2) is 0 Å². The summed E-state index contributed by atoms with van der Waals surface area (Å²) >= 11 is 5.85. The maximum absolute atomic E-state index is 12.9. The predicted molar refractivity (Wildman–Crippen MR) is 131 cm³/mol. The number of aryl methyl sites for hydroxylation is 1. The van der Waals surface area contributed by atoms with Crippen molar-refractivity contribution in [1.82, 2.24) is 25.4 Å². The van der Waals surface area contributed by atoms with Crippen LogP contribution in [-0.2, 0) is 25.8 Å². The molecule has 3 atom stereocenters. The number of aromatic amines is 1. The summed E-state index contributed by atoms with van der Waals surface area (Å²) in [6.45, 7) is 0.519. The molecule has 0 saturated carbocycles. The SMILES string of the molecule is CN(Cc1n[nH]c2c1CCC2)C(=O)c1ccc(C[C@@H]2CC[C@H](C(O)c3ccc(Cl)nc3)N2)cc1. The number of carbonyl (C=O) groups excluding carboxylic acids is 1. The van der Waals surface area contributed by atoms with E-state index in [4.69, 9.17) is 11.6 Å². The van der Waals surface area contributed by atoms with Gasteiger partial charge < -0.3 is 15.3 Å². The van der Waals surface area contributed by atoms with Crippen molar-refractivity contribution in [3.63, 3.8) is 0 Å². The van der Waals surface area contributed by atoms with E-state index in [0.717, 1.165) is 49.8 Å². The summed E-state index contributed by atoms with van der Waals surface area (Å²) in [6.07, 6.45) is 7.01. The van der Waals surface area contributed by atoms with Crippen LogP contribution in [0.15, 0.2) is 42.6 Å². The maximum atomic E-state index is 12.9. The van der Waals surface area contributed by atoms with Gasteiger partial charge in [-0.25, -0.2) is 4.98 Å². The number of nitrogens with one attached hydrogen (secondary N) is 2. The molecule has 0 bridgehead atoms. The van der Waals surface area contributed by atoms with Crippen LogP contribution in [0.25, 0.3) is 0 Å². The lowest BCUT2D eigenvalue weighted by atomic mass is 10.0. The molecule has 5 rings (SSSR count). The largest absolute Gasteiger partial charge is 0.387 e. The van der Waals surface area contributed by atoms with Crippen molar-refractivity contribution >= 4 is 17.5 Å². The minimum Gasteiger partial charge on any atom is -0.387 e. The number of pyridine rings is 1. The molecule has 3 aromatic rings. The van der Waals surface area contributed by atoms with Crippen LogP contribution in [-0.4, -0.2) is 50.2 Å². The van der Waals surface area contributed by atoms with Gasteiger partial charge in [-0.1, -0.05) is 29.8 Å². The molecule has 1 aliphatic carbocycles. The Morgan fingerprint density at radius 2 is 2.03 bits per heavy atom. The molecule has 2 aliphatic rings. The minimum absolute atomic E-state index is 0.0000450. The van der Waals surface area contributed by atoms with Gasteiger partial charge in [0.2, 0.25) is 0 Å². The van der Waals surface area contributed by atoms with E-state index < -0.39 is 6.10 Å². The summed E-state index contributed by atoms with van der Waals surface area (Å²) in [5.41, 5.74) is 6.12. The van der Waals surface area contributed by atoms with Gasteiger partial charge in [0.25, 0.3) is 5.91 Å². The number of H-pyrrole nitrogens is 1. The molecule has 0 spiro atoms. The molecular weight excluding hydrogens is 450 g/mol. The van der Waals surface area contributed by atoms with Crippen LogP contribution in [0.3, 0.4) is 0 Å². The lowest BCUT2D eigenvalue weighted by Gasteiger charge is -2.20. The Morgan fingerprint density at radius 3 is 2.79 bits per heavy atom. The highest BCUT2D eigenvalue weighted by Crippen LogP contribution is 2.27. The van der Waals surface area contributed by atoms with E-state index in [9.17, 15) is 9.90 Å². The van der Waals surface area contributed by atoms with Gasteiger partial charge in [-0.2, -0.15) is 5.10 Å². The molecule has 1 unspecified atom stereocenters. The van der Waals surface area contributed by atoms with E-state index in [1.807, 2.05) is 37.4 Å². The van der Waals surface area contributed by atoms with Crippen LogP contribution in [0, 0.1) is 0 Å². The van der Waals surface area contributed by atoms with Crippen molar-refractivity contribution in [2.75, 3.05) is 7.05 Å². The molecule has 1 fully saturated rings. The Hall–Kier alpha value is -2.74. The molecule has 3 N–H and O–H groups in total. The standard InChI is InChI=1S/C26H30ClN5O2/c1-32(15-23-20-3-2-4-21(20)30-31-23)26(34)17-7-5-16(6-8-17)13-19-10-11-22(29-19)25(33)18-9-12-24(27)28-14-18/h5-9,12,14,19,22,25,29,33H,2-4,10-11,13,15H2,1H3,(H,30,31)/t19-,22+,25?/m0/s1. The Balaban J connectivity index is 1.15. The molecule has 1 saturated heterocycles. The molecule has 34 heavy (non-hydrogen) atoms. The average molecular weight is 480 g/mol. The second kappa shape index (κ2) is 9.86. The number of aromatic nitrogens is 3. The Bertz CT molecular complexity index is 1150. The number of aliphatic hydroxyl groups excluding tert-OH is 1. The number of hydrogen-bond acceptors (Lipinski definition) is 5. The van der Waals surface area contributed by atoms with Crippen LogP contribution >= 0.6 is 11.6 Å². The first kappa shape index (κ1) is 23.0. The molecule has 1 aliphatic heterocycles. The van der Waals surface area contributed by atoms with Crippen LogP contribution < -0.4 is 5.32 Å². The van der Waals surface area contributed by atoms with Gasteiger partial charge in [0.05, 0.1) is 18.3 Å². The molecule has 3 heterocycles. The minimum atomic E-state index is -0.610. The van der Waals surface area contributed by atoms with E-state index >= 15 is 0 Å². The lowest BCUT2D eigenvalue weighted by molar-refractivity contribution is 0.0783. The highest BCUT2D eigenvalue weighted by atomic mass is 35.5. The van der Waals surface area contributed by atoms with Gasteiger partial charge >= 0.3 is 0 Å². The zero-order chi connectivity index (χ0) is 23.7. The van der Waals surface area contributed by atoms with E-state index in [0.29, 0.717) is 17.3 Å². The first-order valence-electron chi connectivity index (χ1n) is 11.9. The summed E-state index contributed by atoms with van der Waals surface area (Å²) in [4.78, 5) is 18.7. The number of carbonyl (C=O) groups is 1. The zero-order valence-electron chi connectivity index (χ0n) is 19.3. The number of hydrogen-bond donors (Lipinski definition) is 3. The fraction of sp³-hybridized carbons (Fsp3) is 0.423. The van der Waals surface area contributed by atoms with Crippen LogP contribution in [0.2, 0.25) is 5.15 Å². The number of amides is 1. The van der Waals surface area contributed by atoms with Gasteiger partial charge in [-0.05, 0) is 67.9 Å². The van der Waals surface area contributed by atoms with Crippen molar-refractivity contribution in [2.45, 2.75) is 63.3 Å². The third-order valence-electron chi connectivity index (χ3n) is 7.06. The predicted octanol–water partition coefficient (Wildman–Crippen LogP) is 3.62. The van der Waals surface area contributed by atoms with Crippen molar-refractivity contribution < 1.29 is 9.90 Å². The molecule has 8 heteroatoms. The van der Waals surface area contributed by atoms with Gasteiger partial charge in [0, 0.05) is 42.1 Å². The smallest absolute Gasteiger partial charge is 0.253 e. The highest BCUT2D eigenvalue weighted by molar-refractivity contribution is 6.29. The first-order valence-corrected chi connectivity index (χ1v) is 12.3. The number of benzene rings is 1. The third kappa shape index (κ3) is 4.87. The van der Waals surface area contributed by atoms with Crippen LogP contribution in [0.1, 0.15) is 63.8 Å². The van der Waals surface area contributed by atoms with Crippen LogP contribution in [0.4, 0.5) is 0 Å². The quantitative estimate of drug-likeness (QED) is 0.450. The molecule has 1 amide bonds. The van der Waals surface area contributed by atoms with Gasteiger partial charge in [-0.3, -0.25) is 9.89 Å². The normalized spacial score (nSPS) is 20.3. The summed E-state index contributed by atoms with van der Waals surface area (Å²) in [6, 6.07) is 11.7. The van der Waals surface area contributed by atoms with E-state index in [2.05, 4.69) is 20.5 Å². The van der Waals surface area contributed by atoms with E-state index in [1.54, 1.807) is 17.2 Å². The number of halogens is 1. The molecular formula is C26H30ClN5O2. The zero-order valence-corrected chi connectivity index (χ0v) is 20.1. The number of aliphatic hydroxyl groups is 1. The Kier molecular flexibility index (Phi) is 6.68. The maximum Gasteiger partial charge on any atom is 0.253 e. The van der Waals surface area contributed by atoms with Gasteiger partial charge in [-0.15, -0.1) is 0 Å². The summed E-state index contributed by atoms with van der Waals surface area (Å²) in [7, 11) is 1.83. The molecule has 2 aromatic heterocycles. The van der Waals surface area contributed by atoms with Gasteiger partial charge in [0.1, 0.15) is 5.15 Å². The van der Waals surface area contributed by atoms with Crippen molar-refractivity contribution in [3.8, 4) is 0 Å². The molecule has 178 valence electrons. The topological polar surface area (TPSA) is 94.1 Å². The molecule has 7 nitrogen and oxygen atoms in total. The van der Waals surface area contributed by atoms with Crippen molar-refractivity contribution in [2.24, 2.45) is 0 Å². The number of fused-ring (bicyclic) bond motifs is 1. The monoisotopic (exact) mass is 479 g/mol. The fourth-order valence-corrected chi connectivity index (χ4v) is 5.27. The van der Waals surface area contributed by atoms with E-state index in [-0.39, 0.29) is 18.0 Å². The Labute approximate surface area is 204 Å². The van der Waals surface area contributed by atoms with Crippen molar-refractivity contribution in [1.29, 1.82) is 0 Å². The van der Waals surface area contributed by atoms with Crippen molar-refractivity contribution in [3.05, 3.63) is 81.4 Å². The average Bonchev–Trinajstić information content (AvgIpc) is 3.58. The van der Waals surface area contributed by atoms with E-state index in [1.165, 1.54) is 16.8 Å². The fourth-order valence-electron chi connectivity index (χ4n) is 5.16. The highest BCUT2D eigenvalue weighted by Gasteiger charge is 2.30. The first-order chi connectivity index (χ1) is 16.5. The third-order valence-corrected chi connectivity index (χ3v) is 7.28. The summed E-state index contributed by atoms with van der Waals surface area (Å²) in [5, 5.41) is 22.2. The summed E-state index contributed by atoms with van der Waals surface area (Å²) in [5.74, 6) is 0.0000450. The number of nitrogens with zero attached hydrogens (tertiary/aromatic N) is 3. The summed E-state index contributed by atoms with van der Waals surface area (Å²) < 4.78 is 0. The second-order valence-corrected chi connectivity index (χ2v) is 9.84.